The van der Waals surface area contributed by atoms with Gasteiger partial charge in [-0.05, 0) is 12.1 Å². The number of carbonyl (C=O) groups excluding carboxylic acids is 1. The van der Waals surface area contributed by atoms with Gasteiger partial charge in [0.2, 0.25) is 0 Å². The van der Waals surface area contributed by atoms with E-state index in [1.165, 1.54) is 14.2 Å². The summed E-state index contributed by atoms with van der Waals surface area (Å²) in [5, 5.41) is 9.43. The molecule has 0 aliphatic rings. The molecule has 14 heavy (non-hydrogen) atoms. The Morgan fingerprint density at radius 2 is 1.79 bits per heavy atom. The van der Waals surface area contributed by atoms with Crippen molar-refractivity contribution in [2.75, 3.05) is 14.2 Å². The van der Waals surface area contributed by atoms with Crippen molar-refractivity contribution in [2.45, 2.75) is 6.10 Å². The number of hydrogen-bond donors (Lipinski definition) is 1. The molecule has 4 heteroatoms. The van der Waals surface area contributed by atoms with Crippen molar-refractivity contribution in [3.8, 4) is 11.5 Å². The number of aldehydes is 1. The molecular weight excluding hydrogens is 184 g/mol. The molecule has 4 nitrogen and oxygen atoms in total. The Morgan fingerprint density at radius 3 is 2.14 bits per heavy atom. The summed E-state index contributed by atoms with van der Waals surface area (Å²) < 4.78 is 10.0. The second-order valence-corrected chi connectivity index (χ2v) is 2.66. The second kappa shape index (κ2) is 4.62. The largest absolute Gasteiger partial charge is 0.496 e. The van der Waals surface area contributed by atoms with Crippen molar-refractivity contribution in [1.82, 2.24) is 0 Å². The summed E-state index contributed by atoms with van der Waals surface area (Å²) in [5.74, 6) is 0.868. The lowest BCUT2D eigenvalue weighted by atomic mass is 10.1. The third kappa shape index (κ3) is 1.85. The fourth-order valence-corrected chi connectivity index (χ4v) is 1.24. The Bertz CT molecular complexity index is 300. The Morgan fingerprint density at radius 1 is 1.29 bits per heavy atom. The van der Waals surface area contributed by atoms with Gasteiger partial charge in [0.25, 0.3) is 0 Å². The van der Waals surface area contributed by atoms with Crippen LogP contribution in [0.25, 0.3) is 0 Å². The quantitative estimate of drug-likeness (QED) is 0.728. The van der Waals surface area contributed by atoms with Crippen LogP contribution in [0.2, 0.25) is 0 Å². The lowest BCUT2D eigenvalue weighted by Crippen LogP contribution is -2.04. The summed E-state index contributed by atoms with van der Waals surface area (Å²) >= 11 is 0. The molecule has 0 spiro atoms. The van der Waals surface area contributed by atoms with Crippen LogP contribution in [0.1, 0.15) is 11.7 Å². The van der Waals surface area contributed by atoms with E-state index in [2.05, 4.69) is 0 Å². The van der Waals surface area contributed by atoms with Crippen molar-refractivity contribution >= 4 is 6.29 Å². The maximum absolute atomic E-state index is 10.5. The highest BCUT2D eigenvalue weighted by atomic mass is 16.5. The highest BCUT2D eigenvalue weighted by molar-refractivity contribution is 5.65. The number of rotatable bonds is 4. The monoisotopic (exact) mass is 196 g/mol. The number of benzene rings is 1. The van der Waals surface area contributed by atoms with Gasteiger partial charge in [-0.2, -0.15) is 0 Å². The Balaban J connectivity index is 3.25. The van der Waals surface area contributed by atoms with Crippen LogP contribution in [0.15, 0.2) is 18.2 Å². The predicted molar refractivity (Wildman–Crippen MR) is 50.6 cm³/mol. The van der Waals surface area contributed by atoms with E-state index < -0.39 is 6.10 Å². The maximum atomic E-state index is 10.5. The van der Waals surface area contributed by atoms with Crippen LogP contribution in [-0.2, 0) is 4.79 Å². The van der Waals surface area contributed by atoms with Gasteiger partial charge >= 0.3 is 0 Å². The zero-order chi connectivity index (χ0) is 10.6. The molecule has 0 fully saturated rings. The normalized spacial score (nSPS) is 11.9. The van der Waals surface area contributed by atoms with Crippen molar-refractivity contribution < 1.29 is 19.4 Å². The van der Waals surface area contributed by atoms with Crippen molar-refractivity contribution in [3.05, 3.63) is 23.8 Å². The number of ether oxygens (including phenoxy) is 2. The van der Waals surface area contributed by atoms with E-state index in [9.17, 15) is 9.90 Å². The summed E-state index contributed by atoms with van der Waals surface area (Å²) in [6, 6.07) is 5.04. The summed E-state index contributed by atoms with van der Waals surface area (Å²) in [5.41, 5.74) is 0.354. The number of aliphatic hydroxyl groups excluding tert-OH is 1. The first-order chi connectivity index (χ1) is 6.74. The van der Waals surface area contributed by atoms with Crippen LogP contribution in [0, 0.1) is 0 Å². The lowest BCUT2D eigenvalue weighted by molar-refractivity contribution is -0.115. The van der Waals surface area contributed by atoms with Crippen LogP contribution < -0.4 is 9.47 Å². The van der Waals surface area contributed by atoms with E-state index in [1.54, 1.807) is 18.2 Å². The highest BCUT2D eigenvalue weighted by Gasteiger charge is 2.17. The third-order valence-electron chi connectivity index (χ3n) is 1.89. The van der Waals surface area contributed by atoms with Crippen molar-refractivity contribution in [1.29, 1.82) is 0 Å². The van der Waals surface area contributed by atoms with Crippen LogP contribution in [0.3, 0.4) is 0 Å². The molecule has 0 saturated heterocycles. The highest BCUT2D eigenvalue weighted by Crippen LogP contribution is 2.32. The zero-order valence-corrected chi connectivity index (χ0v) is 8.06. The van der Waals surface area contributed by atoms with E-state index in [1.807, 2.05) is 0 Å². The fraction of sp³-hybridized carbons (Fsp3) is 0.300. The molecule has 0 heterocycles. The Hall–Kier alpha value is -1.55. The number of carbonyl (C=O) groups is 1. The van der Waals surface area contributed by atoms with Crippen LogP contribution >= 0.6 is 0 Å². The molecule has 76 valence electrons. The molecule has 0 saturated carbocycles. The first-order valence-electron chi connectivity index (χ1n) is 4.08. The minimum atomic E-state index is -1.22. The minimum absolute atomic E-state index is 0.354. The molecule has 0 aliphatic heterocycles. The molecule has 1 unspecified atom stereocenters. The molecule has 0 aliphatic carbocycles. The molecular formula is C10H12O4. The average Bonchev–Trinajstić information content (AvgIpc) is 2.26. The molecule has 1 atom stereocenters. The van der Waals surface area contributed by atoms with Gasteiger partial charge in [0, 0.05) is 0 Å². The Kier molecular flexibility index (Phi) is 3.48. The third-order valence-corrected chi connectivity index (χ3v) is 1.89. The lowest BCUT2D eigenvalue weighted by Gasteiger charge is -2.13. The maximum Gasteiger partial charge on any atom is 0.153 e. The number of methoxy groups -OCH3 is 2. The van der Waals surface area contributed by atoms with Gasteiger partial charge in [0.05, 0.1) is 19.8 Å². The smallest absolute Gasteiger partial charge is 0.153 e. The van der Waals surface area contributed by atoms with E-state index in [0.717, 1.165) is 0 Å². The first-order valence-corrected chi connectivity index (χ1v) is 4.08. The van der Waals surface area contributed by atoms with E-state index in [0.29, 0.717) is 23.3 Å². The van der Waals surface area contributed by atoms with E-state index in [4.69, 9.17) is 9.47 Å². The SMILES string of the molecule is COc1cccc(OC)c1C(O)C=O. The first kappa shape index (κ1) is 10.5. The van der Waals surface area contributed by atoms with Crippen molar-refractivity contribution in [2.24, 2.45) is 0 Å². The topological polar surface area (TPSA) is 55.8 Å². The molecule has 0 radical (unpaired) electrons. The second-order valence-electron chi connectivity index (χ2n) is 2.66. The van der Waals surface area contributed by atoms with Gasteiger partial charge in [-0.1, -0.05) is 6.07 Å². The predicted octanol–water partition coefficient (Wildman–Crippen LogP) is 0.936. The van der Waals surface area contributed by atoms with Crippen LogP contribution in [0.4, 0.5) is 0 Å². The van der Waals surface area contributed by atoms with Crippen molar-refractivity contribution in [3.63, 3.8) is 0 Å². The van der Waals surface area contributed by atoms with Gasteiger partial charge in [-0.25, -0.2) is 0 Å². The van der Waals surface area contributed by atoms with Gasteiger partial charge in [-0.15, -0.1) is 0 Å². The van der Waals surface area contributed by atoms with E-state index in [-0.39, 0.29) is 0 Å². The fourth-order valence-electron chi connectivity index (χ4n) is 1.24. The molecule has 1 rings (SSSR count). The van der Waals surface area contributed by atoms with Gasteiger partial charge in [-0.3, -0.25) is 0 Å². The number of hydrogen-bond acceptors (Lipinski definition) is 4. The molecule has 0 bridgehead atoms. The molecule has 1 aromatic rings. The van der Waals surface area contributed by atoms with E-state index >= 15 is 0 Å². The van der Waals surface area contributed by atoms with Gasteiger partial charge < -0.3 is 19.4 Å². The molecule has 1 N–H and O–H groups in total. The molecule has 1 aromatic carbocycles. The van der Waals surface area contributed by atoms with Crippen LogP contribution in [-0.4, -0.2) is 25.6 Å². The summed E-state index contributed by atoms with van der Waals surface area (Å²) in [6.45, 7) is 0. The van der Waals surface area contributed by atoms with Crippen LogP contribution in [0.5, 0.6) is 11.5 Å². The Labute approximate surface area is 82.1 Å². The summed E-state index contributed by atoms with van der Waals surface area (Å²) in [4.78, 5) is 10.5. The molecule has 0 aromatic heterocycles. The van der Waals surface area contributed by atoms with Gasteiger partial charge in [0.15, 0.2) is 6.29 Å². The molecule has 0 amide bonds. The van der Waals surface area contributed by atoms with Gasteiger partial charge in [0.1, 0.15) is 17.6 Å². The average molecular weight is 196 g/mol. The minimum Gasteiger partial charge on any atom is -0.496 e. The zero-order valence-electron chi connectivity index (χ0n) is 8.06. The standard InChI is InChI=1S/C10H12O4/c1-13-8-4-3-5-9(14-2)10(8)7(12)6-11/h3-7,12H,1-2H3. The summed E-state index contributed by atoms with van der Waals surface area (Å²) in [7, 11) is 2.94. The summed E-state index contributed by atoms with van der Waals surface area (Å²) in [6.07, 6.45) is -0.790. The number of aliphatic hydroxyl groups is 1.